The minimum atomic E-state index is -1.52. The molecule has 0 atom stereocenters. The number of rotatable bonds is 3. The summed E-state index contributed by atoms with van der Waals surface area (Å²) >= 11 is 0. The standard InChI is InChI=1S/C7H4O6/c8-2-3-1-4(6(9)10)5(13-3)7(11)12/h1-2H,(H,9,10)(H,11,12). The highest BCUT2D eigenvalue weighted by Gasteiger charge is 2.22. The predicted molar refractivity (Wildman–Crippen MR) is 38.0 cm³/mol. The number of carboxylic acid groups (broad SMARTS) is 2. The van der Waals surface area contributed by atoms with Crippen LogP contribution in [0.4, 0.5) is 0 Å². The smallest absolute Gasteiger partial charge is 0.372 e. The number of hydrogen-bond donors (Lipinski definition) is 2. The van der Waals surface area contributed by atoms with Gasteiger partial charge in [0.1, 0.15) is 5.56 Å². The average molecular weight is 184 g/mol. The van der Waals surface area contributed by atoms with E-state index in [9.17, 15) is 14.4 Å². The molecule has 68 valence electrons. The number of aromatic carboxylic acids is 2. The van der Waals surface area contributed by atoms with Gasteiger partial charge in [0.2, 0.25) is 5.76 Å². The van der Waals surface area contributed by atoms with E-state index >= 15 is 0 Å². The van der Waals surface area contributed by atoms with Crippen molar-refractivity contribution in [2.75, 3.05) is 0 Å². The van der Waals surface area contributed by atoms with Crippen molar-refractivity contribution in [3.8, 4) is 0 Å². The molecule has 1 aromatic rings. The Labute approximate surface area is 71.4 Å². The first kappa shape index (κ1) is 8.98. The van der Waals surface area contributed by atoms with Crippen LogP contribution in [-0.2, 0) is 0 Å². The molecule has 0 aliphatic carbocycles. The lowest BCUT2D eigenvalue weighted by Crippen LogP contribution is -2.03. The van der Waals surface area contributed by atoms with Gasteiger partial charge in [-0.05, 0) is 0 Å². The Morgan fingerprint density at radius 3 is 2.23 bits per heavy atom. The van der Waals surface area contributed by atoms with Crippen LogP contribution in [0.2, 0.25) is 0 Å². The van der Waals surface area contributed by atoms with E-state index < -0.39 is 23.3 Å². The molecule has 2 N–H and O–H groups in total. The van der Waals surface area contributed by atoms with Crippen molar-refractivity contribution in [1.29, 1.82) is 0 Å². The van der Waals surface area contributed by atoms with Crippen LogP contribution < -0.4 is 0 Å². The van der Waals surface area contributed by atoms with E-state index in [1.54, 1.807) is 0 Å². The molecule has 1 aromatic heterocycles. The van der Waals surface area contributed by atoms with E-state index in [0.29, 0.717) is 0 Å². The molecule has 0 saturated carbocycles. The molecule has 6 heteroatoms. The predicted octanol–water partition coefficient (Wildman–Crippen LogP) is 0.489. The molecule has 0 fully saturated rings. The maximum absolute atomic E-state index is 10.4. The number of carbonyl (C=O) groups is 3. The van der Waals surface area contributed by atoms with Gasteiger partial charge in [-0.3, -0.25) is 4.79 Å². The molecule has 1 rings (SSSR count). The van der Waals surface area contributed by atoms with Gasteiger partial charge in [0, 0.05) is 6.07 Å². The van der Waals surface area contributed by atoms with Crippen molar-refractivity contribution in [1.82, 2.24) is 0 Å². The Morgan fingerprint density at radius 2 is 1.92 bits per heavy atom. The summed E-state index contributed by atoms with van der Waals surface area (Å²) in [5.41, 5.74) is -0.533. The maximum atomic E-state index is 10.4. The minimum Gasteiger partial charge on any atom is -0.478 e. The van der Waals surface area contributed by atoms with Crippen LogP contribution in [0.25, 0.3) is 0 Å². The van der Waals surface area contributed by atoms with Crippen molar-refractivity contribution >= 4 is 18.2 Å². The van der Waals surface area contributed by atoms with Gasteiger partial charge >= 0.3 is 11.9 Å². The summed E-state index contributed by atoms with van der Waals surface area (Å²) in [4.78, 5) is 30.9. The Kier molecular flexibility index (Phi) is 2.14. The van der Waals surface area contributed by atoms with Crippen LogP contribution in [0.3, 0.4) is 0 Å². The van der Waals surface area contributed by atoms with Crippen LogP contribution in [0.1, 0.15) is 31.5 Å². The van der Waals surface area contributed by atoms with Gasteiger partial charge in [-0.2, -0.15) is 0 Å². The van der Waals surface area contributed by atoms with Crippen LogP contribution in [0.15, 0.2) is 10.5 Å². The second-order valence-corrected chi connectivity index (χ2v) is 2.12. The van der Waals surface area contributed by atoms with Crippen molar-refractivity contribution in [2.45, 2.75) is 0 Å². The SMILES string of the molecule is O=Cc1cc(C(=O)O)c(C(=O)O)o1. The third-order valence-electron chi connectivity index (χ3n) is 1.29. The topological polar surface area (TPSA) is 105 Å². The highest BCUT2D eigenvalue weighted by Crippen LogP contribution is 2.14. The zero-order valence-corrected chi connectivity index (χ0v) is 6.18. The summed E-state index contributed by atoms with van der Waals surface area (Å²) in [5.74, 6) is -4.04. The molecule has 1 heterocycles. The molecule has 0 radical (unpaired) electrons. The Bertz CT molecular complexity index is 343. The minimum absolute atomic E-state index is 0.235. The van der Waals surface area contributed by atoms with Crippen molar-refractivity contribution in [3.05, 3.63) is 23.2 Å². The second-order valence-electron chi connectivity index (χ2n) is 2.12. The lowest BCUT2D eigenvalue weighted by molar-refractivity contribution is 0.0624. The number of carboxylic acids is 2. The molecule has 0 saturated heterocycles. The van der Waals surface area contributed by atoms with Crippen molar-refractivity contribution in [2.24, 2.45) is 0 Å². The molecule has 0 unspecified atom stereocenters. The number of aldehydes is 1. The molecule has 0 aliphatic heterocycles. The first-order valence-corrected chi connectivity index (χ1v) is 3.12. The fourth-order valence-electron chi connectivity index (χ4n) is 0.786. The third kappa shape index (κ3) is 1.56. The van der Waals surface area contributed by atoms with E-state index in [1.165, 1.54) is 0 Å². The Morgan fingerprint density at radius 1 is 1.31 bits per heavy atom. The van der Waals surface area contributed by atoms with Gasteiger partial charge in [-0.1, -0.05) is 0 Å². The first-order chi connectivity index (χ1) is 6.06. The molecular formula is C7H4O6. The number of hydrogen-bond acceptors (Lipinski definition) is 4. The molecular weight excluding hydrogens is 180 g/mol. The van der Waals surface area contributed by atoms with Gasteiger partial charge in [-0.25, -0.2) is 9.59 Å². The quantitative estimate of drug-likeness (QED) is 0.662. The van der Waals surface area contributed by atoms with E-state index in [0.717, 1.165) is 6.07 Å². The lowest BCUT2D eigenvalue weighted by Gasteiger charge is -1.88. The average Bonchev–Trinajstić information content (AvgIpc) is 2.47. The van der Waals surface area contributed by atoms with E-state index in [1.807, 2.05) is 0 Å². The highest BCUT2D eigenvalue weighted by molar-refractivity contribution is 6.00. The maximum Gasteiger partial charge on any atom is 0.372 e. The molecule has 0 bridgehead atoms. The van der Waals surface area contributed by atoms with Gasteiger partial charge in [0.15, 0.2) is 12.0 Å². The molecule has 0 spiro atoms. The number of carbonyl (C=O) groups excluding carboxylic acids is 1. The molecule has 6 nitrogen and oxygen atoms in total. The monoisotopic (exact) mass is 184 g/mol. The molecule has 0 aromatic carbocycles. The summed E-state index contributed by atoms with van der Waals surface area (Å²) in [7, 11) is 0. The molecule has 13 heavy (non-hydrogen) atoms. The van der Waals surface area contributed by atoms with Gasteiger partial charge in [0.05, 0.1) is 0 Å². The Hall–Kier alpha value is -2.11. The summed E-state index contributed by atoms with van der Waals surface area (Å²) in [6.07, 6.45) is 0.235. The van der Waals surface area contributed by atoms with Gasteiger partial charge in [0.25, 0.3) is 0 Å². The second kappa shape index (κ2) is 3.10. The summed E-state index contributed by atoms with van der Waals surface area (Å²) in [5, 5.41) is 16.9. The molecule has 0 aliphatic rings. The van der Waals surface area contributed by atoms with Crippen molar-refractivity contribution in [3.63, 3.8) is 0 Å². The normalized spacial score (nSPS) is 9.54. The fourth-order valence-corrected chi connectivity index (χ4v) is 0.786. The fraction of sp³-hybridized carbons (Fsp3) is 0. The summed E-state index contributed by atoms with van der Waals surface area (Å²) in [6.45, 7) is 0. The van der Waals surface area contributed by atoms with Crippen LogP contribution >= 0.6 is 0 Å². The van der Waals surface area contributed by atoms with E-state index in [4.69, 9.17) is 10.2 Å². The zero-order chi connectivity index (χ0) is 10.0. The van der Waals surface area contributed by atoms with Crippen molar-refractivity contribution < 1.29 is 29.0 Å². The van der Waals surface area contributed by atoms with Crippen LogP contribution in [0.5, 0.6) is 0 Å². The highest BCUT2D eigenvalue weighted by atomic mass is 16.4. The van der Waals surface area contributed by atoms with Crippen LogP contribution in [0, 0.1) is 0 Å². The number of furan rings is 1. The summed E-state index contributed by atoms with van der Waals surface area (Å²) < 4.78 is 4.44. The van der Waals surface area contributed by atoms with Gasteiger partial charge < -0.3 is 14.6 Å². The van der Waals surface area contributed by atoms with E-state index in [-0.39, 0.29) is 12.0 Å². The first-order valence-electron chi connectivity index (χ1n) is 3.12. The molecule has 0 amide bonds. The summed E-state index contributed by atoms with van der Waals surface area (Å²) in [6, 6.07) is 0.860. The van der Waals surface area contributed by atoms with Gasteiger partial charge in [-0.15, -0.1) is 0 Å². The third-order valence-corrected chi connectivity index (χ3v) is 1.29. The Balaban J connectivity index is 3.31. The lowest BCUT2D eigenvalue weighted by atomic mass is 10.2. The zero-order valence-electron chi connectivity index (χ0n) is 6.18. The van der Waals surface area contributed by atoms with Crippen LogP contribution in [-0.4, -0.2) is 28.4 Å². The largest absolute Gasteiger partial charge is 0.478 e. The van der Waals surface area contributed by atoms with E-state index in [2.05, 4.69) is 4.42 Å².